The smallest absolute Gasteiger partial charge is 0.306 e. The van der Waals surface area contributed by atoms with E-state index in [1.807, 2.05) is 17.5 Å². The summed E-state index contributed by atoms with van der Waals surface area (Å²) in [5.74, 6) is -0.898. The van der Waals surface area contributed by atoms with Crippen molar-refractivity contribution in [3.8, 4) is 0 Å². The van der Waals surface area contributed by atoms with Crippen LogP contribution in [-0.4, -0.2) is 23.0 Å². The highest BCUT2D eigenvalue weighted by Gasteiger charge is 2.26. The normalized spacial score (nSPS) is 23.6. The van der Waals surface area contributed by atoms with Gasteiger partial charge in [0, 0.05) is 10.9 Å². The lowest BCUT2D eigenvalue weighted by Crippen LogP contribution is -2.39. The van der Waals surface area contributed by atoms with Crippen molar-refractivity contribution in [1.29, 1.82) is 0 Å². The van der Waals surface area contributed by atoms with Crippen LogP contribution < -0.4 is 5.32 Å². The van der Waals surface area contributed by atoms with Crippen molar-refractivity contribution < 1.29 is 14.7 Å². The summed E-state index contributed by atoms with van der Waals surface area (Å²) in [5.41, 5.74) is 0. The number of rotatable bonds is 4. The van der Waals surface area contributed by atoms with Crippen LogP contribution >= 0.6 is 11.3 Å². The van der Waals surface area contributed by atoms with E-state index >= 15 is 0 Å². The van der Waals surface area contributed by atoms with Crippen LogP contribution in [0, 0.1) is 5.92 Å². The second kappa shape index (κ2) is 6.00. The quantitative estimate of drug-likeness (QED) is 0.877. The number of carboxylic acids is 1. The lowest BCUT2D eigenvalue weighted by atomic mass is 9.86. The van der Waals surface area contributed by atoms with Crippen LogP contribution in [0.2, 0.25) is 0 Å². The number of aliphatic carboxylic acids is 1. The molecule has 1 saturated carbocycles. The molecule has 0 aliphatic heterocycles. The van der Waals surface area contributed by atoms with Gasteiger partial charge < -0.3 is 10.4 Å². The van der Waals surface area contributed by atoms with Gasteiger partial charge in [0.25, 0.3) is 0 Å². The minimum atomic E-state index is -0.710. The maximum absolute atomic E-state index is 11.8. The van der Waals surface area contributed by atoms with E-state index in [0.717, 1.165) is 17.7 Å². The van der Waals surface area contributed by atoms with Crippen LogP contribution in [0.3, 0.4) is 0 Å². The van der Waals surface area contributed by atoms with Gasteiger partial charge in [-0.2, -0.15) is 0 Å². The van der Waals surface area contributed by atoms with Crippen molar-refractivity contribution >= 4 is 23.2 Å². The Hall–Kier alpha value is -1.36. The number of carbonyl (C=O) groups excluding carboxylic acids is 1. The zero-order chi connectivity index (χ0) is 13.0. The highest BCUT2D eigenvalue weighted by Crippen LogP contribution is 2.24. The van der Waals surface area contributed by atoms with E-state index < -0.39 is 5.97 Å². The van der Waals surface area contributed by atoms with E-state index in [1.54, 1.807) is 11.3 Å². The van der Waals surface area contributed by atoms with Gasteiger partial charge in [-0.3, -0.25) is 9.59 Å². The number of hydrogen-bond acceptors (Lipinski definition) is 3. The second-order valence-corrected chi connectivity index (χ2v) is 5.74. The third kappa shape index (κ3) is 3.57. The maximum Gasteiger partial charge on any atom is 0.306 e. The SMILES string of the molecule is O=C(Cc1cccs1)NC1CCC(C(=O)O)CC1. The molecule has 0 radical (unpaired) electrons. The molecular weight excluding hydrogens is 250 g/mol. The van der Waals surface area contributed by atoms with Gasteiger partial charge in [-0.25, -0.2) is 0 Å². The molecule has 0 aromatic carbocycles. The van der Waals surface area contributed by atoms with Crippen molar-refractivity contribution in [1.82, 2.24) is 5.32 Å². The second-order valence-electron chi connectivity index (χ2n) is 4.71. The Morgan fingerprint density at radius 3 is 2.61 bits per heavy atom. The summed E-state index contributed by atoms with van der Waals surface area (Å²) in [7, 11) is 0. The molecule has 1 aliphatic carbocycles. The largest absolute Gasteiger partial charge is 0.481 e. The first kappa shape index (κ1) is 13.1. The fourth-order valence-electron chi connectivity index (χ4n) is 2.33. The molecule has 2 N–H and O–H groups in total. The summed E-state index contributed by atoms with van der Waals surface area (Å²) < 4.78 is 0. The van der Waals surface area contributed by atoms with Crippen molar-refractivity contribution in [3.05, 3.63) is 22.4 Å². The van der Waals surface area contributed by atoms with E-state index in [4.69, 9.17) is 5.11 Å². The maximum atomic E-state index is 11.8. The number of carbonyl (C=O) groups is 2. The van der Waals surface area contributed by atoms with Gasteiger partial charge in [0.05, 0.1) is 12.3 Å². The van der Waals surface area contributed by atoms with E-state index in [1.165, 1.54) is 0 Å². The van der Waals surface area contributed by atoms with Crippen LogP contribution in [0.15, 0.2) is 17.5 Å². The monoisotopic (exact) mass is 267 g/mol. The molecule has 0 atom stereocenters. The lowest BCUT2D eigenvalue weighted by molar-refractivity contribution is -0.142. The first-order valence-electron chi connectivity index (χ1n) is 6.19. The molecule has 5 heteroatoms. The molecule has 0 spiro atoms. The minimum Gasteiger partial charge on any atom is -0.481 e. The number of amides is 1. The molecule has 1 fully saturated rings. The first-order chi connectivity index (χ1) is 8.65. The Bertz CT molecular complexity index is 408. The minimum absolute atomic E-state index is 0.0382. The molecule has 0 unspecified atom stereocenters. The van der Waals surface area contributed by atoms with Crippen molar-refractivity contribution in [3.63, 3.8) is 0 Å². The van der Waals surface area contributed by atoms with E-state index in [9.17, 15) is 9.59 Å². The molecule has 1 heterocycles. The highest BCUT2D eigenvalue weighted by molar-refractivity contribution is 7.10. The molecule has 2 rings (SSSR count). The first-order valence-corrected chi connectivity index (χ1v) is 7.07. The van der Waals surface area contributed by atoms with Crippen LogP contribution in [0.1, 0.15) is 30.6 Å². The molecular formula is C13H17NO3S. The summed E-state index contributed by atoms with van der Waals surface area (Å²) in [6.45, 7) is 0. The number of thiophene rings is 1. The van der Waals surface area contributed by atoms with Gasteiger partial charge in [-0.1, -0.05) is 6.07 Å². The zero-order valence-corrected chi connectivity index (χ0v) is 10.9. The standard InChI is InChI=1S/C13H17NO3S/c15-12(8-11-2-1-7-18-11)14-10-5-3-9(4-6-10)13(16)17/h1-2,7,9-10H,3-6,8H2,(H,14,15)(H,16,17). The molecule has 1 amide bonds. The van der Waals surface area contributed by atoms with Crippen molar-refractivity contribution in [2.24, 2.45) is 5.92 Å². The average Bonchev–Trinajstić information content (AvgIpc) is 2.82. The molecule has 1 aromatic heterocycles. The molecule has 18 heavy (non-hydrogen) atoms. The predicted octanol–water partition coefficient (Wildman–Crippen LogP) is 2.05. The van der Waals surface area contributed by atoms with Gasteiger partial charge in [-0.15, -0.1) is 11.3 Å². The molecule has 4 nitrogen and oxygen atoms in total. The lowest BCUT2D eigenvalue weighted by Gasteiger charge is -2.26. The molecule has 98 valence electrons. The third-order valence-corrected chi connectivity index (χ3v) is 4.23. The number of hydrogen-bond donors (Lipinski definition) is 2. The van der Waals surface area contributed by atoms with Gasteiger partial charge in [0.2, 0.25) is 5.91 Å². The number of carboxylic acid groups (broad SMARTS) is 1. The van der Waals surface area contributed by atoms with Gasteiger partial charge in [0.15, 0.2) is 0 Å². The van der Waals surface area contributed by atoms with Crippen LogP contribution in [0.5, 0.6) is 0 Å². The van der Waals surface area contributed by atoms with E-state index in [-0.39, 0.29) is 17.9 Å². The van der Waals surface area contributed by atoms with E-state index in [2.05, 4.69) is 5.32 Å². The fourth-order valence-corrected chi connectivity index (χ4v) is 3.04. The van der Waals surface area contributed by atoms with Crippen molar-refractivity contribution in [2.75, 3.05) is 0 Å². The van der Waals surface area contributed by atoms with Crippen LogP contribution in [0.25, 0.3) is 0 Å². The predicted molar refractivity (Wildman–Crippen MR) is 69.5 cm³/mol. The zero-order valence-electron chi connectivity index (χ0n) is 10.1. The molecule has 1 aromatic rings. The summed E-state index contributed by atoms with van der Waals surface area (Å²) in [5, 5.41) is 13.8. The Balaban J connectivity index is 1.74. The highest BCUT2D eigenvalue weighted by atomic mass is 32.1. The third-order valence-electron chi connectivity index (χ3n) is 3.36. The van der Waals surface area contributed by atoms with Gasteiger partial charge in [0.1, 0.15) is 0 Å². The summed E-state index contributed by atoms with van der Waals surface area (Å²) in [6.07, 6.45) is 3.30. The Labute approximate surface area is 110 Å². The molecule has 1 aliphatic rings. The van der Waals surface area contributed by atoms with E-state index in [0.29, 0.717) is 19.3 Å². The van der Waals surface area contributed by atoms with Crippen LogP contribution in [-0.2, 0) is 16.0 Å². The molecule has 0 saturated heterocycles. The topological polar surface area (TPSA) is 66.4 Å². The summed E-state index contributed by atoms with van der Waals surface area (Å²) >= 11 is 1.58. The Kier molecular flexibility index (Phi) is 4.36. The Morgan fingerprint density at radius 1 is 1.33 bits per heavy atom. The van der Waals surface area contributed by atoms with Crippen LogP contribution in [0.4, 0.5) is 0 Å². The molecule has 0 bridgehead atoms. The summed E-state index contributed by atoms with van der Waals surface area (Å²) in [4.78, 5) is 23.6. The number of nitrogens with one attached hydrogen (secondary N) is 1. The van der Waals surface area contributed by atoms with Gasteiger partial charge in [-0.05, 0) is 37.1 Å². The van der Waals surface area contributed by atoms with Crippen molar-refractivity contribution in [2.45, 2.75) is 38.1 Å². The summed E-state index contributed by atoms with van der Waals surface area (Å²) in [6, 6.07) is 4.03. The Morgan fingerprint density at radius 2 is 2.06 bits per heavy atom. The fraction of sp³-hybridized carbons (Fsp3) is 0.538. The average molecular weight is 267 g/mol. The van der Waals surface area contributed by atoms with Gasteiger partial charge >= 0.3 is 5.97 Å².